The van der Waals surface area contributed by atoms with Crippen LogP contribution in [0.4, 0.5) is 5.95 Å². The summed E-state index contributed by atoms with van der Waals surface area (Å²) >= 11 is 0. The molecule has 0 spiro atoms. The van der Waals surface area contributed by atoms with E-state index in [4.69, 9.17) is 4.98 Å². The van der Waals surface area contributed by atoms with Gasteiger partial charge in [-0.1, -0.05) is 40.5 Å². The van der Waals surface area contributed by atoms with Crippen LogP contribution in [0.1, 0.15) is 70.7 Å². The molecular formula is C17H29N3. The minimum absolute atomic E-state index is 0.449. The summed E-state index contributed by atoms with van der Waals surface area (Å²) in [5.41, 5.74) is 2.19. The highest BCUT2D eigenvalue weighted by Crippen LogP contribution is 2.32. The molecule has 0 saturated heterocycles. The predicted molar refractivity (Wildman–Crippen MR) is 85.1 cm³/mol. The second kappa shape index (κ2) is 6.55. The van der Waals surface area contributed by atoms with Crippen molar-refractivity contribution in [2.75, 3.05) is 5.32 Å². The second-order valence-corrected chi connectivity index (χ2v) is 6.86. The SMILES string of the molecule is Cc1cc(C(C)C)nc(NC2CCCCC2C(C)C)n1. The highest BCUT2D eigenvalue weighted by atomic mass is 15.1. The summed E-state index contributed by atoms with van der Waals surface area (Å²) in [7, 11) is 0. The topological polar surface area (TPSA) is 37.8 Å². The first-order chi connectivity index (χ1) is 9.47. The Hall–Kier alpha value is -1.12. The monoisotopic (exact) mass is 275 g/mol. The third kappa shape index (κ3) is 3.71. The van der Waals surface area contributed by atoms with E-state index in [0.29, 0.717) is 12.0 Å². The molecule has 3 nitrogen and oxygen atoms in total. The number of hydrogen-bond acceptors (Lipinski definition) is 3. The zero-order valence-electron chi connectivity index (χ0n) is 13.6. The van der Waals surface area contributed by atoms with Crippen LogP contribution in [-0.2, 0) is 0 Å². The summed E-state index contributed by atoms with van der Waals surface area (Å²) in [5.74, 6) is 2.74. The molecule has 2 rings (SSSR count). The molecular weight excluding hydrogens is 246 g/mol. The van der Waals surface area contributed by atoms with E-state index in [2.05, 4.69) is 51.0 Å². The van der Waals surface area contributed by atoms with Crippen LogP contribution in [-0.4, -0.2) is 16.0 Å². The molecule has 112 valence electrons. The second-order valence-electron chi connectivity index (χ2n) is 6.86. The fourth-order valence-electron chi connectivity index (χ4n) is 3.26. The first-order valence-electron chi connectivity index (χ1n) is 8.09. The smallest absolute Gasteiger partial charge is 0.223 e. The molecule has 20 heavy (non-hydrogen) atoms. The van der Waals surface area contributed by atoms with Gasteiger partial charge in [0.1, 0.15) is 0 Å². The Balaban J connectivity index is 2.15. The Bertz CT molecular complexity index is 440. The molecule has 1 aliphatic carbocycles. The zero-order valence-corrected chi connectivity index (χ0v) is 13.6. The largest absolute Gasteiger partial charge is 0.351 e. The van der Waals surface area contributed by atoms with Gasteiger partial charge in [0.15, 0.2) is 0 Å². The summed E-state index contributed by atoms with van der Waals surface area (Å²) < 4.78 is 0. The Kier molecular flexibility index (Phi) is 5.00. The van der Waals surface area contributed by atoms with Crippen LogP contribution in [0.15, 0.2) is 6.07 Å². The average molecular weight is 275 g/mol. The van der Waals surface area contributed by atoms with E-state index in [0.717, 1.165) is 29.2 Å². The highest BCUT2D eigenvalue weighted by Gasteiger charge is 2.28. The van der Waals surface area contributed by atoms with Gasteiger partial charge in [0.25, 0.3) is 0 Å². The maximum absolute atomic E-state index is 4.70. The number of rotatable bonds is 4. The molecule has 2 atom stereocenters. The molecule has 0 amide bonds. The fourth-order valence-corrected chi connectivity index (χ4v) is 3.26. The minimum atomic E-state index is 0.449. The van der Waals surface area contributed by atoms with Gasteiger partial charge in [-0.25, -0.2) is 9.97 Å². The Morgan fingerprint density at radius 1 is 1.10 bits per heavy atom. The van der Waals surface area contributed by atoms with E-state index >= 15 is 0 Å². The minimum Gasteiger partial charge on any atom is -0.351 e. The molecule has 3 heteroatoms. The quantitative estimate of drug-likeness (QED) is 0.877. The maximum Gasteiger partial charge on any atom is 0.223 e. The number of anilines is 1. The molecule has 0 bridgehead atoms. The van der Waals surface area contributed by atoms with Gasteiger partial charge in [0.2, 0.25) is 5.95 Å². The number of aryl methyl sites for hydroxylation is 1. The zero-order chi connectivity index (χ0) is 14.7. The maximum atomic E-state index is 4.70. The molecule has 1 fully saturated rings. The number of nitrogens with one attached hydrogen (secondary N) is 1. The lowest BCUT2D eigenvalue weighted by molar-refractivity contribution is 0.253. The van der Waals surface area contributed by atoms with E-state index in [1.54, 1.807) is 0 Å². The van der Waals surface area contributed by atoms with E-state index in [1.165, 1.54) is 25.7 Å². The van der Waals surface area contributed by atoms with Gasteiger partial charge >= 0.3 is 0 Å². The van der Waals surface area contributed by atoms with Crippen molar-refractivity contribution in [3.05, 3.63) is 17.5 Å². The van der Waals surface area contributed by atoms with Gasteiger partial charge in [0.05, 0.1) is 0 Å². The molecule has 0 aromatic carbocycles. The summed E-state index contributed by atoms with van der Waals surface area (Å²) in [6.45, 7) is 11.1. The van der Waals surface area contributed by atoms with Gasteiger partial charge in [0, 0.05) is 17.4 Å². The standard InChI is InChI=1S/C17H29N3/c1-11(2)14-8-6-7-9-15(14)19-17-18-13(5)10-16(20-17)12(3)4/h10-12,14-15H,6-9H2,1-5H3,(H,18,19,20). The van der Waals surface area contributed by atoms with Gasteiger partial charge in [-0.15, -0.1) is 0 Å². The van der Waals surface area contributed by atoms with Crippen LogP contribution in [0.2, 0.25) is 0 Å². The van der Waals surface area contributed by atoms with Crippen molar-refractivity contribution in [2.45, 2.75) is 72.3 Å². The van der Waals surface area contributed by atoms with Crippen molar-refractivity contribution >= 4 is 5.95 Å². The van der Waals surface area contributed by atoms with Crippen LogP contribution in [0, 0.1) is 18.8 Å². The fraction of sp³-hybridized carbons (Fsp3) is 0.765. The molecule has 1 aromatic rings. The van der Waals surface area contributed by atoms with Crippen LogP contribution >= 0.6 is 0 Å². The molecule has 0 radical (unpaired) electrons. The molecule has 1 saturated carbocycles. The molecule has 0 aliphatic heterocycles. The van der Waals surface area contributed by atoms with Crippen molar-refractivity contribution in [2.24, 2.45) is 11.8 Å². The van der Waals surface area contributed by atoms with E-state index in [1.807, 2.05) is 0 Å². The average Bonchev–Trinajstić information content (AvgIpc) is 2.38. The Morgan fingerprint density at radius 2 is 1.80 bits per heavy atom. The summed E-state index contributed by atoms with van der Waals surface area (Å²) in [5, 5.41) is 3.63. The highest BCUT2D eigenvalue weighted by molar-refractivity contribution is 5.31. The molecule has 1 aromatic heterocycles. The number of aromatic nitrogens is 2. The van der Waals surface area contributed by atoms with E-state index < -0.39 is 0 Å². The molecule has 1 N–H and O–H groups in total. The van der Waals surface area contributed by atoms with E-state index in [-0.39, 0.29) is 0 Å². The first kappa shape index (κ1) is 15.3. The summed E-state index contributed by atoms with van der Waals surface area (Å²) in [6.07, 6.45) is 5.27. The Labute approximate surface area is 123 Å². The van der Waals surface area contributed by atoms with Crippen LogP contribution in [0.25, 0.3) is 0 Å². The molecule has 2 unspecified atom stereocenters. The lowest BCUT2D eigenvalue weighted by Crippen LogP contribution is -2.36. The van der Waals surface area contributed by atoms with Crippen LogP contribution < -0.4 is 5.32 Å². The Morgan fingerprint density at radius 3 is 2.45 bits per heavy atom. The van der Waals surface area contributed by atoms with Gasteiger partial charge < -0.3 is 5.32 Å². The predicted octanol–water partition coefficient (Wildman–Crippen LogP) is 4.54. The third-order valence-corrected chi connectivity index (χ3v) is 4.46. The lowest BCUT2D eigenvalue weighted by atomic mass is 9.78. The van der Waals surface area contributed by atoms with Crippen molar-refractivity contribution in [1.82, 2.24) is 9.97 Å². The third-order valence-electron chi connectivity index (χ3n) is 4.46. The van der Waals surface area contributed by atoms with Crippen molar-refractivity contribution in [3.8, 4) is 0 Å². The lowest BCUT2D eigenvalue weighted by Gasteiger charge is -2.35. The van der Waals surface area contributed by atoms with Crippen molar-refractivity contribution < 1.29 is 0 Å². The number of nitrogens with zero attached hydrogens (tertiary/aromatic N) is 2. The van der Waals surface area contributed by atoms with E-state index in [9.17, 15) is 0 Å². The number of hydrogen-bond donors (Lipinski definition) is 1. The van der Waals surface area contributed by atoms with Crippen LogP contribution in [0.5, 0.6) is 0 Å². The first-order valence-corrected chi connectivity index (χ1v) is 8.09. The van der Waals surface area contributed by atoms with Crippen molar-refractivity contribution in [3.63, 3.8) is 0 Å². The van der Waals surface area contributed by atoms with Gasteiger partial charge in [-0.3, -0.25) is 0 Å². The molecule has 1 heterocycles. The summed E-state index contributed by atoms with van der Waals surface area (Å²) in [6, 6.07) is 2.63. The van der Waals surface area contributed by atoms with Gasteiger partial charge in [-0.05, 0) is 43.6 Å². The van der Waals surface area contributed by atoms with Gasteiger partial charge in [-0.2, -0.15) is 0 Å². The van der Waals surface area contributed by atoms with Crippen LogP contribution in [0.3, 0.4) is 0 Å². The normalized spacial score (nSPS) is 23.4. The van der Waals surface area contributed by atoms with Crippen molar-refractivity contribution in [1.29, 1.82) is 0 Å². The summed E-state index contributed by atoms with van der Waals surface area (Å²) in [4.78, 5) is 9.28. The molecule has 1 aliphatic rings.